The van der Waals surface area contributed by atoms with Crippen LogP contribution in [0.25, 0.3) is 0 Å². The van der Waals surface area contributed by atoms with Crippen LogP contribution in [-0.4, -0.2) is 11.1 Å². The molecule has 2 heteroatoms. The Balaban J connectivity index is 3.71. The quantitative estimate of drug-likeness (QED) is 0.175. The lowest BCUT2D eigenvalue weighted by molar-refractivity contribution is -0.132. The molecule has 28 heavy (non-hydrogen) atoms. The van der Waals surface area contributed by atoms with Gasteiger partial charge >= 0.3 is 5.97 Å². The maximum Gasteiger partial charge on any atom is 0.330 e. The van der Waals surface area contributed by atoms with E-state index in [1.54, 1.807) is 0 Å². The van der Waals surface area contributed by atoms with Gasteiger partial charge in [0.2, 0.25) is 0 Å². The van der Waals surface area contributed by atoms with E-state index in [1.165, 1.54) is 89.9 Å². The molecular formula is C26H50O2. The van der Waals surface area contributed by atoms with E-state index < -0.39 is 5.97 Å². The number of aliphatic carboxylic acids is 1. The normalized spacial score (nSPS) is 12.9. The summed E-state index contributed by atoms with van der Waals surface area (Å²) in [6.07, 6.45) is 22.1. The maximum absolute atomic E-state index is 10.8. The van der Waals surface area contributed by atoms with Gasteiger partial charge in [0.1, 0.15) is 0 Å². The first-order valence-corrected chi connectivity index (χ1v) is 12.2. The molecule has 0 radical (unpaired) electrons. The molecule has 0 saturated heterocycles. The maximum atomic E-state index is 10.8. The van der Waals surface area contributed by atoms with Crippen LogP contribution in [0.4, 0.5) is 0 Å². The molecule has 0 aliphatic rings. The zero-order chi connectivity index (χ0) is 21.3. The van der Waals surface area contributed by atoms with Gasteiger partial charge in [-0.3, -0.25) is 0 Å². The number of unbranched alkanes of at least 4 members (excludes halogenated alkanes) is 12. The van der Waals surface area contributed by atoms with Crippen molar-refractivity contribution in [3.8, 4) is 0 Å². The fourth-order valence-electron chi connectivity index (χ4n) is 4.08. The van der Waals surface area contributed by atoms with E-state index in [0.29, 0.717) is 17.4 Å². The Morgan fingerprint density at radius 1 is 0.750 bits per heavy atom. The van der Waals surface area contributed by atoms with Crippen molar-refractivity contribution >= 4 is 5.97 Å². The molecule has 0 aliphatic heterocycles. The number of hydrogen-bond donors (Lipinski definition) is 1. The fraction of sp³-hybridized carbons (Fsp3) is 0.885. The zero-order valence-corrected chi connectivity index (χ0v) is 19.7. The molecule has 0 aliphatic carbocycles. The van der Waals surface area contributed by atoms with Crippen molar-refractivity contribution < 1.29 is 9.90 Å². The van der Waals surface area contributed by atoms with Crippen molar-refractivity contribution in [3.63, 3.8) is 0 Å². The van der Waals surface area contributed by atoms with E-state index in [-0.39, 0.29) is 0 Å². The minimum atomic E-state index is -0.844. The van der Waals surface area contributed by atoms with Gasteiger partial charge in [0, 0.05) is 5.57 Å². The standard InChI is InChI=1S/C26H50O2/c1-6-7-8-9-10-11-12-13-14-15-16-17-21-24(26(3,4)5)22-19-18-20-23(2)25(27)28/h24H,2,6-22H2,1,3-5H3,(H,27,28). The molecule has 0 aromatic rings. The van der Waals surface area contributed by atoms with Gasteiger partial charge in [0.05, 0.1) is 0 Å². The second-order valence-electron chi connectivity index (χ2n) is 9.90. The molecule has 0 aromatic carbocycles. The van der Waals surface area contributed by atoms with Gasteiger partial charge in [-0.25, -0.2) is 4.79 Å². The van der Waals surface area contributed by atoms with Gasteiger partial charge in [0.15, 0.2) is 0 Å². The summed E-state index contributed by atoms with van der Waals surface area (Å²) >= 11 is 0. The molecule has 0 amide bonds. The summed E-state index contributed by atoms with van der Waals surface area (Å²) < 4.78 is 0. The highest BCUT2D eigenvalue weighted by Gasteiger charge is 2.23. The van der Waals surface area contributed by atoms with Crippen molar-refractivity contribution in [2.24, 2.45) is 11.3 Å². The molecule has 0 aromatic heterocycles. The largest absolute Gasteiger partial charge is 0.478 e. The predicted octanol–water partition coefficient (Wildman–Crippen LogP) is 8.94. The Bertz CT molecular complexity index is 392. The number of carboxylic acid groups (broad SMARTS) is 1. The zero-order valence-electron chi connectivity index (χ0n) is 19.7. The van der Waals surface area contributed by atoms with Crippen molar-refractivity contribution in [1.29, 1.82) is 0 Å². The Hall–Kier alpha value is -0.790. The SMILES string of the molecule is C=C(CCCCC(CCCCCCCCCCCCCC)C(C)(C)C)C(=O)O. The van der Waals surface area contributed by atoms with E-state index in [2.05, 4.69) is 34.3 Å². The van der Waals surface area contributed by atoms with Crippen molar-refractivity contribution in [1.82, 2.24) is 0 Å². The Morgan fingerprint density at radius 2 is 1.14 bits per heavy atom. The van der Waals surface area contributed by atoms with E-state index in [0.717, 1.165) is 18.8 Å². The van der Waals surface area contributed by atoms with Crippen LogP contribution in [0.5, 0.6) is 0 Å². The van der Waals surface area contributed by atoms with Crippen LogP contribution in [0.3, 0.4) is 0 Å². The molecule has 1 atom stereocenters. The lowest BCUT2D eigenvalue weighted by Gasteiger charge is -2.31. The lowest BCUT2D eigenvalue weighted by Crippen LogP contribution is -2.20. The summed E-state index contributed by atoms with van der Waals surface area (Å²) in [5.41, 5.74) is 0.704. The Morgan fingerprint density at radius 3 is 1.54 bits per heavy atom. The van der Waals surface area contributed by atoms with Crippen molar-refractivity contribution in [2.75, 3.05) is 0 Å². The highest BCUT2D eigenvalue weighted by Crippen LogP contribution is 2.34. The van der Waals surface area contributed by atoms with Gasteiger partial charge in [-0.15, -0.1) is 0 Å². The van der Waals surface area contributed by atoms with E-state index >= 15 is 0 Å². The second kappa shape index (κ2) is 17.1. The molecule has 1 unspecified atom stereocenters. The summed E-state index contributed by atoms with van der Waals surface area (Å²) in [4.78, 5) is 10.8. The van der Waals surface area contributed by atoms with Crippen LogP contribution in [-0.2, 0) is 4.79 Å². The minimum absolute atomic E-state index is 0.349. The van der Waals surface area contributed by atoms with E-state index in [4.69, 9.17) is 5.11 Å². The molecule has 0 saturated carbocycles. The second-order valence-corrected chi connectivity index (χ2v) is 9.90. The number of carboxylic acids is 1. The third-order valence-electron chi connectivity index (χ3n) is 6.21. The minimum Gasteiger partial charge on any atom is -0.478 e. The van der Waals surface area contributed by atoms with E-state index in [1.807, 2.05) is 0 Å². The average molecular weight is 395 g/mol. The first kappa shape index (κ1) is 27.2. The topological polar surface area (TPSA) is 37.3 Å². The molecule has 0 heterocycles. The third kappa shape index (κ3) is 16.2. The number of rotatable bonds is 19. The summed E-state index contributed by atoms with van der Waals surface area (Å²) in [6.45, 7) is 13.0. The number of carbonyl (C=O) groups is 1. The molecule has 2 nitrogen and oxygen atoms in total. The Kier molecular flexibility index (Phi) is 16.6. The van der Waals surface area contributed by atoms with Crippen LogP contribution >= 0.6 is 0 Å². The molecule has 0 fully saturated rings. The van der Waals surface area contributed by atoms with Gasteiger partial charge < -0.3 is 5.11 Å². The predicted molar refractivity (Wildman–Crippen MR) is 124 cm³/mol. The first-order valence-electron chi connectivity index (χ1n) is 12.2. The van der Waals surface area contributed by atoms with Gasteiger partial charge in [-0.2, -0.15) is 0 Å². The fourth-order valence-corrected chi connectivity index (χ4v) is 4.08. The van der Waals surface area contributed by atoms with Gasteiger partial charge in [0.25, 0.3) is 0 Å². The summed E-state index contributed by atoms with van der Waals surface area (Å²) in [7, 11) is 0. The highest BCUT2D eigenvalue weighted by molar-refractivity contribution is 5.85. The van der Waals surface area contributed by atoms with Crippen LogP contribution in [0, 0.1) is 11.3 Å². The summed E-state index contributed by atoms with van der Waals surface area (Å²) in [6, 6.07) is 0. The van der Waals surface area contributed by atoms with Crippen molar-refractivity contribution in [2.45, 2.75) is 137 Å². The molecule has 0 rings (SSSR count). The third-order valence-corrected chi connectivity index (χ3v) is 6.21. The highest BCUT2D eigenvalue weighted by atomic mass is 16.4. The van der Waals surface area contributed by atoms with Crippen LogP contribution < -0.4 is 0 Å². The van der Waals surface area contributed by atoms with Crippen molar-refractivity contribution in [3.05, 3.63) is 12.2 Å². The molecule has 0 spiro atoms. The molecular weight excluding hydrogens is 344 g/mol. The van der Waals surface area contributed by atoms with Crippen LogP contribution in [0.15, 0.2) is 12.2 Å². The van der Waals surface area contributed by atoms with Crippen LogP contribution in [0.2, 0.25) is 0 Å². The summed E-state index contributed by atoms with van der Waals surface area (Å²) in [5, 5.41) is 8.90. The van der Waals surface area contributed by atoms with E-state index in [9.17, 15) is 4.79 Å². The lowest BCUT2D eigenvalue weighted by atomic mass is 9.75. The molecule has 0 bridgehead atoms. The number of hydrogen-bond acceptors (Lipinski definition) is 1. The molecule has 166 valence electrons. The van der Waals surface area contributed by atoms with Crippen LogP contribution in [0.1, 0.15) is 137 Å². The monoisotopic (exact) mass is 394 g/mol. The smallest absolute Gasteiger partial charge is 0.330 e. The first-order chi connectivity index (χ1) is 13.3. The summed E-state index contributed by atoms with van der Waals surface area (Å²) in [5.74, 6) is -0.0995. The van der Waals surface area contributed by atoms with Gasteiger partial charge in [-0.1, -0.05) is 118 Å². The Labute approximate surface area is 176 Å². The average Bonchev–Trinajstić information content (AvgIpc) is 2.62. The van der Waals surface area contributed by atoms with Gasteiger partial charge in [-0.05, 0) is 37.0 Å². The molecule has 1 N–H and O–H groups in total.